The lowest BCUT2D eigenvalue weighted by Gasteiger charge is -2.27. The fourth-order valence-corrected chi connectivity index (χ4v) is 3.00. The van der Waals surface area contributed by atoms with E-state index in [1.807, 2.05) is 0 Å². The molecule has 1 aromatic rings. The van der Waals surface area contributed by atoms with E-state index in [2.05, 4.69) is 18.7 Å². The fourth-order valence-electron chi connectivity index (χ4n) is 2.87. The second kappa shape index (κ2) is 5.97. The topological polar surface area (TPSA) is 29.3 Å². The SMILES string of the molecule is CC(C)C1CCCN1Cc1cc(C(N)=S)ccc1F. The van der Waals surface area contributed by atoms with Crippen LogP contribution in [0.3, 0.4) is 0 Å². The molecule has 4 heteroatoms. The van der Waals surface area contributed by atoms with Crippen LogP contribution in [0.4, 0.5) is 4.39 Å². The number of hydrogen-bond donors (Lipinski definition) is 1. The molecular formula is C15H21FN2S. The third-order valence-electron chi connectivity index (χ3n) is 3.89. The predicted molar refractivity (Wildman–Crippen MR) is 80.6 cm³/mol. The van der Waals surface area contributed by atoms with Gasteiger partial charge in [-0.25, -0.2) is 4.39 Å². The molecule has 0 spiro atoms. The summed E-state index contributed by atoms with van der Waals surface area (Å²) in [5.41, 5.74) is 7.05. The lowest BCUT2D eigenvalue weighted by molar-refractivity contribution is 0.196. The van der Waals surface area contributed by atoms with E-state index in [9.17, 15) is 4.39 Å². The molecule has 2 nitrogen and oxygen atoms in total. The van der Waals surface area contributed by atoms with E-state index in [0.717, 1.165) is 12.1 Å². The van der Waals surface area contributed by atoms with E-state index < -0.39 is 0 Å². The minimum atomic E-state index is -0.172. The van der Waals surface area contributed by atoms with Gasteiger partial charge >= 0.3 is 0 Å². The Labute approximate surface area is 119 Å². The third-order valence-corrected chi connectivity index (χ3v) is 4.12. The maximum Gasteiger partial charge on any atom is 0.127 e. The molecule has 1 aliphatic rings. The third kappa shape index (κ3) is 3.31. The van der Waals surface area contributed by atoms with E-state index >= 15 is 0 Å². The highest BCUT2D eigenvalue weighted by Gasteiger charge is 2.27. The highest BCUT2D eigenvalue weighted by Crippen LogP contribution is 2.26. The first-order chi connectivity index (χ1) is 8.99. The van der Waals surface area contributed by atoms with Crippen LogP contribution in [0.1, 0.15) is 37.8 Å². The van der Waals surface area contributed by atoms with Crippen molar-refractivity contribution < 1.29 is 4.39 Å². The normalized spacial score (nSPS) is 20.1. The molecule has 0 aromatic heterocycles. The second-order valence-electron chi connectivity index (χ2n) is 5.59. The summed E-state index contributed by atoms with van der Waals surface area (Å²) in [6, 6.07) is 5.44. The van der Waals surface area contributed by atoms with E-state index in [0.29, 0.717) is 29.1 Å². The van der Waals surface area contributed by atoms with E-state index in [4.69, 9.17) is 18.0 Å². The maximum atomic E-state index is 13.9. The molecule has 19 heavy (non-hydrogen) atoms. The van der Waals surface area contributed by atoms with E-state index in [-0.39, 0.29) is 5.82 Å². The molecule has 2 N–H and O–H groups in total. The van der Waals surface area contributed by atoms with Gasteiger partial charge in [-0.3, -0.25) is 4.90 Å². The largest absolute Gasteiger partial charge is 0.389 e. The lowest BCUT2D eigenvalue weighted by Crippen LogP contribution is -2.33. The highest BCUT2D eigenvalue weighted by molar-refractivity contribution is 7.80. The maximum absolute atomic E-state index is 13.9. The van der Waals surface area contributed by atoms with Crippen LogP contribution >= 0.6 is 12.2 Å². The molecule has 1 aliphatic heterocycles. The second-order valence-corrected chi connectivity index (χ2v) is 6.03. The number of nitrogens with zero attached hydrogens (tertiary/aromatic N) is 1. The summed E-state index contributed by atoms with van der Waals surface area (Å²) in [5.74, 6) is 0.429. The van der Waals surface area contributed by atoms with E-state index in [1.54, 1.807) is 12.1 Å². The van der Waals surface area contributed by atoms with Crippen LogP contribution in [-0.2, 0) is 6.54 Å². The number of hydrogen-bond acceptors (Lipinski definition) is 2. The van der Waals surface area contributed by atoms with Crippen LogP contribution in [-0.4, -0.2) is 22.5 Å². The Kier molecular flexibility index (Phi) is 4.53. The Bertz CT molecular complexity index is 473. The summed E-state index contributed by atoms with van der Waals surface area (Å²) >= 11 is 4.95. The van der Waals surface area contributed by atoms with Gasteiger partial charge in [0.25, 0.3) is 0 Å². The average molecular weight is 280 g/mol. The molecule has 0 amide bonds. The molecule has 0 aliphatic carbocycles. The van der Waals surface area contributed by atoms with Crippen LogP contribution < -0.4 is 5.73 Å². The van der Waals surface area contributed by atoms with Crippen LogP contribution in [0.25, 0.3) is 0 Å². The number of halogens is 1. The van der Waals surface area contributed by atoms with Crippen molar-refractivity contribution in [1.29, 1.82) is 0 Å². The van der Waals surface area contributed by atoms with Crippen molar-refractivity contribution in [2.24, 2.45) is 11.7 Å². The van der Waals surface area contributed by atoms with E-state index in [1.165, 1.54) is 18.9 Å². The van der Waals surface area contributed by atoms with Crippen molar-refractivity contribution in [3.63, 3.8) is 0 Å². The fraction of sp³-hybridized carbons (Fsp3) is 0.533. The quantitative estimate of drug-likeness (QED) is 0.859. The number of rotatable bonds is 4. The van der Waals surface area contributed by atoms with Gasteiger partial charge in [-0.15, -0.1) is 0 Å². The first kappa shape index (κ1) is 14.4. The van der Waals surface area contributed by atoms with Crippen LogP contribution in [0.2, 0.25) is 0 Å². The van der Waals surface area contributed by atoms with Gasteiger partial charge in [0.05, 0.1) is 0 Å². The zero-order valence-electron chi connectivity index (χ0n) is 11.5. The van der Waals surface area contributed by atoms with Gasteiger partial charge in [0.15, 0.2) is 0 Å². The zero-order chi connectivity index (χ0) is 14.0. The Balaban J connectivity index is 2.18. The van der Waals surface area contributed by atoms with Crippen molar-refractivity contribution in [1.82, 2.24) is 4.90 Å². The van der Waals surface area contributed by atoms with Gasteiger partial charge in [0.1, 0.15) is 10.8 Å². The lowest BCUT2D eigenvalue weighted by atomic mass is 10.0. The minimum Gasteiger partial charge on any atom is -0.389 e. The first-order valence-electron chi connectivity index (χ1n) is 6.81. The summed E-state index contributed by atoms with van der Waals surface area (Å²) in [5, 5.41) is 0. The summed E-state index contributed by atoms with van der Waals surface area (Å²) < 4.78 is 13.9. The molecular weight excluding hydrogens is 259 g/mol. The zero-order valence-corrected chi connectivity index (χ0v) is 12.3. The number of likely N-dealkylation sites (tertiary alicyclic amines) is 1. The number of benzene rings is 1. The van der Waals surface area contributed by atoms with Gasteiger partial charge in [0, 0.05) is 23.7 Å². The van der Waals surface area contributed by atoms with Gasteiger partial charge in [-0.1, -0.05) is 26.1 Å². The van der Waals surface area contributed by atoms with Crippen LogP contribution in [0.5, 0.6) is 0 Å². The molecule has 1 unspecified atom stereocenters. The molecule has 2 rings (SSSR count). The van der Waals surface area contributed by atoms with Crippen molar-refractivity contribution >= 4 is 17.2 Å². The Morgan fingerprint density at radius 3 is 2.89 bits per heavy atom. The molecule has 0 saturated carbocycles. The summed E-state index contributed by atoms with van der Waals surface area (Å²) in [6.45, 7) is 6.14. The molecule has 1 saturated heterocycles. The first-order valence-corrected chi connectivity index (χ1v) is 7.22. The van der Waals surface area contributed by atoms with Crippen LogP contribution in [0.15, 0.2) is 18.2 Å². The standard InChI is InChI=1S/C15H21FN2S/c1-10(2)14-4-3-7-18(14)9-12-8-11(15(17)19)5-6-13(12)16/h5-6,8,10,14H,3-4,7,9H2,1-2H3,(H2,17,19). The summed E-state index contributed by atoms with van der Waals surface area (Å²) in [4.78, 5) is 2.69. The average Bonchev–Trinajstić information content (AvgIpc) is 2.80. The summed E-state index contributed by atoms with van der Waals surface area (Å²) in [6.07, 6.45) is 2.40. The Morgan fingerprint density at radius 2 is 2.26 bits per heavy atom. The predicted octanol–water partition coefficient (Wildman–Crippen LogP) is 3.08. The Hall–Kier alpha value is -1.00. The van der Waals surface area contributed by atoms with Gasteiger partial charge in [-0.05, 0) is 43.5 Å². The van der Waals surface area contributed by atoms with Crippen LogP contribution in [0, 0.1) is 11.7 Å². The molecule has 1 fully saturated rings. The van der Waals surface area contributed by atoms with Gasteiger partial charge in [-0.2, -0.15) is 0 Å². The van der Waals surface area contributed by atoms with Crippen molar-refractivity contribution in [3.05, 3.63) is 35.1 Å². The number of nitrogens with two attached hydrogens (primary N) is 1. The molecule has 104 valence electrons. The summed E-state index contributed by atoms with van der Waals surface area (Å²) in [7, 11) is 0. The minimum absolute atomic E-state index is 0.172. The molecule has 0 bridgehead atoms. The monoisotopic (exact) mass is 280 g/mol. The number of thiocarbonyl (C=S) groups is 1. The van der Waals surface area contributed by atoms with Gasteiger partial charge < -0.3 is 5.73 Å². The van der Waals surface area contributed by atoms with Crippen molar-refractivity contribution in [2.75, 3.05) is 6.54 Å². The molecule has 1 atom stereocenters. The smallest absolute Gasteiger partial charge is 0.127 e. The van der Waals surface area contributed by atoms with Crippen molar-refractivity contribution in [3.8, 4) is 0 Å². The molecule has 0 radical (unpaired) electrons. The molecule has 1 aromatic carbocycles. The highest BCUT2D eigenvalue weighted by atomic mass is 32.1. The molecule has 1 heterocycles. The Morgan fingerprint density at radius 1 is 1.53 bits per heavy atom. The van der Waals surface area contributed by atoms with Gasteiger partial charge in [0.2, 0.25) is 0 Å². The van der Waals surface area contributed by atoms with Crippen molar-refractivity contribution in [2.45, 2.75) is 39.3 Å².